The van der Waals surface area contributed by atoms with Crippen LogP contribution in [0, 0.1) is 0 Å². The zero-order valence-corrected chi connectivity index (χ0v) is 58.3. The zero-order chi connectivity index (χ0) is 64.4. The van der Waals surface area contributed by atoms with E-state index in [4.69, 9.17) is 24.3 Å². The van der Waals surface area contributed by atoms with Crippen LogP contribution in [0.4, 0.5) is 0 Å². The van der Waals surface area contributed by atoms with E-state index in [9.17, 15) is 19.0 Å². The van der Waals surface area contributed by atoms with Gasteiger partial charge in [0.25, 0.3) is 0 Å². The number of carbonyl (C=O) groups excluding carboxylic acids is 2. The van der Waals surface area contributed by atoms with Gasteiger partial charge in [-0.15, -0.1) is 0 Å². The van der Waals surface area contributed by atoms with Crippen LogP contribution in [0.15, 0.2) is 134 Å². The molecule has 0 rings (SSSR count). The van der Waals surface area contributed by atoms with Gasteiger partial charge in [0.05, 0.1) is 13.2 Å². The van der Waals surface area contributed by atoms with Gasteiger partial charge >= 0.3 is 19.8 Å². The van der Waals surface area contributed by atoms with Crippen LogP contribution in [0.25, 0.3) is 0 Å². The van der Waals surface area contributed by atoms with Crippen LogP contribution in [-0.4, -0.2) is 49.3 Å². The normalized spacial score (nSPS) is 13.7. The number of hydrogen-bond acceptors (Lipinski definition) is 8. The molecule has 0 aromatic carbocycles. The summed E-state index contributed by atoms with van der Waals surface area (Å²) in [5.41, 5.74) is 5.40. The Hall–Kier alpha value is -3.85. The Morgan fingerprint density at radius 2 is 0.584 bits per heavy atom. The van der Waals surface area contributed by atoms with Gasteiger partial charge in [-0.25, -0.2) is 4.57 Å². The molecule has 0 bridgehead atoms. The summed E-state index contributed by atoms with van der Waals surface area (Å²) in [7, 11) is -4.41. The molecule has 0 radical (unpaired) electrons. The number of hydrogen-bond donors (Lipinski definition) is 2. The van der Waals surface area contributed by atoms with Crippen molar-refractivity contribution in [3.63, 3.8) is 0 Å². The molecule has 10 heteroatoms. The molecule has 0 aliphatic heterocycles. The lowest BCUT2D eigenvalue weighted by Crippen LogP contribution is -2.29. The number of esters is 2. The quantitative estimate of drug-likeness (QED) is 0.0264. The van der Waals surface area contributed by atoms with Crippen molar-refractivity contribution in [2.45, 2.75) is 328 Å². The summed E-state index contributed by atoms with van der Waals surface area (Å²) in [6, 6.07) is 0. The average Bonchev–Trinajstić information content (AvgIpc) is 3.64. The molecule has 0 aliphatic rings. The highest BCUT2D eigenvalue weighted by Gasteiger charge is 2.26. The Kier molecular flexibility index (Phi) is 70.0. The number of nitrogens with two attached hydrogens (primary N) is 1. The van der Waals surface area contributed by atoms with Crippen molar-refractivity contribution >= 4 is 19.8 Å². The van der Waals surface area contributed by atoms with Gasteiger partial charge in [0, 0.05) is 19.4 Å². The lowest BCUT2D eigenvalue weighted by molar-refractivity contribution is -0.161. The van der Waals surface area contributed by atoms with Crippen molar-refractivity contribution in [3.8, 4) is 0 Å². The number of phosphoric ester groups is 1. The van der Waals surface area contributed by atoms with Gasteiger partial charge < -0.3 is 20.1 Å². The van der Waals surface area contributed by atoms with E-state index in [1.807, 2.05) is 0 Å². The Morgan fingerprint density at radius 3 is 0.865 bits per heavy atom. The minimum atomic E-state index is -4.41. The minimum Gasteiger partial charge on any atom is -0.462 e. The number of carbonyl (C=O) groups is 2. The third-order valence-corrected chi connectivity index (χ3v) is 16.5. The summed E-state index contributed by atoms with van der Waals surface area (Å²) in [5, 5.41) is 0. The van der Waals surface area contributed by atoms with Crippen molar-refractivity contribution in [2.75, 3.05) is 26.4 Å². The first-order valence-corrected chi connectivity index (χ1v) is 38.2. The van der Waals surface area contributed by atoms with Crippen LogP contribution in [0.2, 0.25) is 0 Å². The molecule has 0 aliphatic carbocycles. The zero-order valence-electron chi connectivity index (χ0n) is 57.4. The van der Waals surface area contributed by atoms with E-state index in [1.54, 1.807) is 0 Å². The lowest BCUT2D eigenvalue weighted by Gasteiger charge is -2.19. The Balaban J connectivity index is 3.83. The fraction of sp³-hybridized carbons (Fsp3) is 0.696. The van der Waals surface area contributed by atoms with Gasteiger partial charge in [-0.1, -0.05) is 334 Å². The fourth-order valence-corrected chi connectivity index (χ4v) is 11.0. The second-order valence-electron chi connectivity index (χ2n) is 24.0. The number of ether oxygens (including phenoxy) is 2. The van der Waals surface area contributed by atoms with E-state index in [0.29, 0.717) is 6.42 Å². The van der Waals surface area contributed by atoms with Crippen LogP contribution in [-0.2, 0) is 32.7 Å². The first kappa shape index (κ1) is 85.2. The maximum Gasteiger partial charge on any atom is 0.472 e. The van der Waals surface area contributed by atoms with Crippen molar-refractivity contribution < 1.29 is 37.6 Å². The highest BCUT2D eigenvalue weighted by Crippen LogP contribution is 2.43. The summed E-state index contributed by atoms with van der Waals surface area (Å²) < 4.78 is 33.2. The van der Waals surface area contributed by atoms with Crippen LogP contribution in [0.1, 0.15) is 322 Å². The maximum atomic E-state index is 12.8. The van der Waals surface area contributed by atoms with Gasteiger partial charge in [0.15, 0.2) is 6.10 Å². The predicted molar refractivity (Wildman–Crippen MR) is 385 cm³/mol. The SMILES string of the molecule is CC/C=C\C/C=C\C/C=C\C/C=C\C/C=C\C/C=C\C/C=C\CCCCCCCC(=O)OC(COC(=O)CCCCCCCCCCCCCCCCCCCCCCCCCCCCCC/C=C\C/C=C\C/C=C\C/C=C\CC)COP(=O)(O)OCCN. The molecule has 3 N–H and O–H groups in total. The summed E-state index contributed by atoms with van der Waals surface area (Å²) in [4.78, 5) is 35.4. The molecule has 510 valence electrons. The van der Waals surface area contributed by atoms with Gasteiger partial charge in [0.2, 0.25) is 0 Å². The molecule has 0 saturated carbocycles. The highest BCUT2D eigenvalue weighted by atomic mass is 31.2. The molecular formula is C79H136NO8P. The Labute approximate surface area is 548 Å². The smallest absolute Gasteiger partial charge is 0.462 e. The van der Waals surface area contributed by atoms with Crippen LogP contribution < -0.4 is 5.73 Å². The molecule has 0 aromatic rings. The highest BCUT2D eigenvalue weighted by molar-refractivity contribution is 7.47. The molecule has 89 heavy (non-hydrogen) atoms. The summed E-state index contributed by atoms with van der Waals surface area (Å²) in [6.45, 7) is 3.52. The van der Waals surface area contributed by atoms with E-state index in [-0.39, 0.29) is 38.6 Å². The van der Waals surface area contributed by atoms with E-state index in [0.717, 1.165) is 122 Å². The first-order valence-electron chi connectivity index (χ1n) is 36.7. The van der Waals surface area contributed by atoms with Gasteiger partial charge in [-0.3, -0.25) is 18.6 Å². The van der Waals surface area contributed by atoms with Crippen LogP contribution in [0.5, 0.6) is 0 Å². The van der Waals surface area contributed by atoms with Crippen LogP contribution in [0.3, 0.4) is 0 Å². The average molecular weight is 1260 g/mol. The van der Waals surface area contributed by atoms with Crippen molar-refractivity contribution in [2.24, 2.45) is 5.73 Å². The van der Waals surface area contributed by atoms with E-state index in [1.165, 1.54) is 167 Å². The first-order chi connectivity index (χ1) is 43.8. The number of phosphoric acid groups is 1. The maximum absolute atomic E-state index is 12.8. The predicted octanol–water partition coefficient (Wildman–Crippen LogP) is 24.4. The van der Waals surface area contributed by atoms with E-state index >= 15 is 0 Å². The third-order valence-electron chi connectivity index (χ3n) is 15.5. The molecule has 0 aromatic heterocycles. The van der Waals surface area contributed by atoms with E-state index in [2.05, 4.69) is 148 Å². The number of unbranched alkanes of at least 4 members (excludes halogenated alkanes) is 33. The van der Waals surface area contributed by atoms with E-state index < -0.39 is 26.5 Å². The van der Waals surface area contributed by atoms with Crippen LogP contribution >= 0.6 is 7.82 Å². The molecule has 0 amide bonds. The summed E-state index contributed by atoms with van der Waals surface area (Å²) >= 11 is 0. The molecule has 0 spiro atoms. The number of rotatable bonds is 68. The molecule has 0 heterocycles. The molecule has 0 saturated heterocycles. The third kappa shape index (κ3) is 73.1. The van der Waals surface area contributed by atoms with Gasteiger partial charge in [-0.2, -0.15) is 0 Å². The van der Waals surface area contributed by atoms with Crippen molar-refractivity contribution in [3.05, 3.63) is 134 Å². The second kappa shape index (κ2) is 73.2. The molecule has 2 unspecified atom stereocenters. The van der Waals surface area contributed by atoms with Crippen molar-refractivity contribution in [1.82, 2.24) is 0 Å². The topological polar surface area (TPSA) is 134 Å². The standard InChI is InChI=1S/C79H136NO8P/c1-3-5-7-9-11-13-15-17-19-21-23-25-27-29-31-32-33-34-35-36-37-38-39-40-41-42-43-44-46-47-49-51-53-55-57-59-61-63-65-67-69-71-78(81)85-75-77(76-87-89(83,84)86-74-73-80)88-79(82)72-70-68-66-64-62-60-58-56-54-52-50-48-45-30-28-26-24-22-20-18-16-14-12-10-8-6-4-2/h5-8,11-14,17-20,23-26,30,45,50,52,56,58,77H,3-4,9-10,15-16,21-22,27-29,31-44,46-49,51,53-55,57,59-76,80H2,1-2H3,(H,83,84)/b7-5-,8-6-,13-11-,14-12-,19-17-,20-18-,25-23-,26-24-,45-30-,52-50-,58-56-. The minimum absolute atomic E-state index is 0.0452. The second-order valence-corrected chi connectivity index (χ2v) is 25.5. The monoisotopic (exact) mass is 1260 g/mol. The molecule has 9 nitrogen and oxygen atoms in total. The molecule has 0 fully saturated rings. The fourth-order valence-electron chi connectivity index (χ4n) is 10.2. The molecular weight excluding hydrogens is 1120 g/mol. The molecule has 2 atom stereocenters. The Bertz CT molecular complexity index is 1920. The lowest BCUT2D eigenvalue weighted by atomic mass is 10.0. The summed E-state index contributed by atoms with van der Waals surface area (Å²) in [5.74, 6) is -0.845. The van der Waals surface area contributed by atoms with Gasteiger partial charge in [-0.05, 0) is 109 Å². The summed E-state index contributed by atoms with van der Waals surface area (Å²) in [6.07, 6.45) is 104. The Morgan fingerprint density at radius 1 is 0.337 bits per heavy atom. The van der Waals surface area contributed by atoms with Gasteiger partial charge in [0.1, 0.15) is 6.61 Å². The van der Waals surface area contributed by atoms with Crippen molar-refractivity contribution in [1.29, 1.82) is 0 Å². The largest absolute Gasteiger partial charge is 0.472 e. The number of allylic oxidation sites excluding steroid dienone is 22.